The first kappa shape index (κ1) is 17.6. The average molecular weight is 315 g/mol. The van der Waals surface area contributed by atoms with Crippen LogP contribution < -0.4 is 4.72 Å². The second-order valence-electron chi connectivity index (χ2n) is 4.90. The highest BCUT2D eigenvalue weighted by molar-refractivity contribution is 7.89. The summed E-state index contributed by atoms with van der Waals surface area (Å²) in [6.45, 7) is 5.45. The van der Waals surface area contributed by atoms with Crippen molar-refractivity contribution in [3.8, 4) is 0 Å². The Morgan fingerprint density at radius 2 is 2.00 bits per heavy atom. The van der Waals surface area contributed by atoms with Crippen LogP contribution in [-0.2, 0) is 14.8 Å². The lowest BCUT2D eigenvalue weighted by Crippen LogP contribution is -2.37. The third-order valence-electron chi connectivity index (χ3n) is 3.34. The Hall–Kier alpha value is -1.44. The molecule has 0 saturated heterocycles. The Kier molecular flexibility index (Phi) is 5.88. The van der Waals surface area contributed by atoms with Crippen molar-refractivity contribution in [2.75, 3.05) is 13.7 Å². The minimum Gasteiger partial charge on any atom is -0.478 e. The zero-order chi connectivity index (χ0) is 16.2. The van der Waals surface area contributed by atoms with E-state index in [1.54, 1.807) is 13.8 Å². The second-order valence-corrected chi connectivity index (χ2v) is 6.59. The van der Waals surface area contributed by atoms with Crippen molar-refractivity contribution in [1.82, 2.24) is 4.72 Å². The summed E-state index contributed by atoms with van der Waals surface area (Å²) in [4.78, 5) is 11.1. The molecule has 0 aliphatic carbocycles. The van der Waals surface area contributed by atoms with E-state index in [0.29, 0.717) is 17.5 Å². The summed E-state index contributed by atoms with van der Waals surface area (Å²) in [6, 6.07) is 2.29. The van der Waals surface area contributed by atoms with E-state index in [2.05, 4.69) is 4.72 Å². The number of carboxylic acid groups (broad SMARTS) is 1. The molecule has 0 radical (unpaired) electrons. The summed E-state index contributed by atoms with van der Waals surface area (Å²) in [5.41, 5.74) is 1.12. The van der Waals surface area contributed by atoms with Crippen molar-refractivity contribution >= 4 is 16.0 Å². The largest absolute Gasteiger partial charge is 0.478 e. The molecule has 2 N–H and O–H groups in total. The number of ether oxygens (including phenoxy) is 1. The van der Waals surface area contributed by atoms with Gasteiger partial charge in [0.05, 0.1) is 17.1 Å². The van der Waals surface area contributed by atoms with Crippen molar-refractivity contribution in [1.29, 1.82) is 0 Å². The molecule has 1 aromatic carbocycles. The molecule has 6 nitrogen and oxygen atoms in total. The smallest absolute Gasteiger partial charge is 0.335 e. The molecule has 0 amide bonds. The number of carboxylic acids is 1. The van der Waals surface area contributed by atoms with Gasteiger partial charge in [-0.05, 0) is 43.5 Å². The number of carbonyl (C=O) groups is 1. The van der Waals surface area contributed by atoms with Gasteiger partial charge in [0.2, 0.25) is 10.0 Å². The molecule has 118 valence electrons. The molecule has 0 aliphatic rings. The maximum Gasteiger partial charge on any atom is 0.335 e. The molecule has 0 fully saturated rings. The first-order valence-corrected chi connectivity index (χ1v) is 8.07. The van der Waals surface area contributed by atoms with E-state index in [-0.39, 0.29) is 23.1 Å². The summed E-state index contributed by atoms with van der Waals surface area (Å²) in [5.74, 6) is -1.15. The Morgan fingerprint density at radius 3 is 2.48 bits per heavy atom. The lowest BCUT2D eigenvalue weighted by atomic mass is 10.1. The zero-order valence-electron chi connectivity index (χ0n) is 12.6. The highest BCUT2D eigenvalue weighted by Gasteiger charge is 2.23. The molecule has 1 rings (SSSR count). The molecule has 0 bridgehead atoms. The van der Waals surface area contributed by atoms with Gasteiger partial charge in [-0.2, -0.15) is 0 Å². The number of rotatable bonds is 7. The summed E-state index contributed by atoms with van der Waals surface area (Å²) in [7, 11) is -2.30. The van der Waals surface area contributed by atoms with E-state index >= 15 is 0 Å². The number of hydrogen-bond donors (Lipinski definition) is 2. The van der Waals surface area contributed by atoms with Crippen LogP contribution in [0.5, 0.6) is 0 Å². The van der Waals surface area contributed by atoms with Crippen LogP contribution >= 0.6 is 0 Å². The van der Waals surface area contributed by atoms with Gasteiger partial charge >= 0.3 is 5.97 Å². The van der Waals surface area contributed by atoms with Crippen molar-refractivity contribution in [2.45, 2.75) is 38.1 Å². The van der Waals surface area contributed by atoms with Crippen LogP contribution in [0.25, 0.3) is 0 Å². The minimum absolute atomic E-state index is 0.00514. The number of methoxy groups -OCH3 is 1. The number of aromatic carboxylic acids is 1. The molecule has 0 aromatic heterocycles. The minimum atomic E-state index is -3.80. The Morgan fingerprint density at radius 1 is 1.38 bits per heavy atom. The van der Waals surface area contributed by atoms with E-state index in [4.69, 9.17) is 9.84 Å². The van der Waals surface area contributed by atoms with Crippen molar-refractivity contribution in [2.24, 2.45) is 0 Å². The molecule has 21 heavy (non-hydrogen) atoms. The van der Waals surface area contributed by atoms with Crippen LogP contribution in [0.1, 0.15) is 34.8 Å². The van der Waals surface area contributed by atoms with Gasteiger partial charge in [-0.3, -0.25) is 0 Å². The normalized spacial score (nSPS) is 13.1. The lowest BCUT2D eigenvalue weighted by Gasteiger charge is -2.18. The topological polar surface area (TPSA) is 92.7 Å². The zero-order valence-corrected chi connectivity index (χ0v) is 13.5. The SMILES string of the molecule is CCC(COC)NS(=O)(=O)c1cc(C(=O)O)cc(C)c1C. The average Bonchev–Trinajstić information content (AvgIpc) is 2.40. The van der Waals surface area contributed by atoms with Crippen molar-refractivity contribution in [3.63, 3.8) is 0 Å². The number of benzene rings is 1. The predicted molar refractivity (Wildman–Crippen MR) is 79.2 cm³/mol. The summed E-state index contributed by atoms with van der Waals surface area (Å²) >= 11 is 0. The Labute approximate surface area is 125 Å². The highest BCUT2D eigenvalue weighted by atomic mass is 32.2. The maximum atomic E-state index is 12.5. The van der Waals surface area contributed by atoms with Gasteiger partial charge in [-0.25, -0.2) is 17.9 Å². The van der Waals surface area contributed by atoms with Gasteiger partial charge < -0.3 is 9.84 Å². The van der Waals surface area contributed by atoms with E-state index in [9.17, 15) is 13.2 Å². The quantitative estimate of drug-likeness (QED) is 0.799. The van der Waals surface area contributed by atoms with Gasteiger partial charge in [0, 0.05) is 13.2 Å². The Balaban J connectivity index is 3.27. The Bertz CT molecular complexity index is 624. The molecule has 1 aromatic rings. The predicted octanol–water partition coefficient (Wildman–Crippen LogP) is 1.70. The molecular weight excluding hydrogens is 294 g/mol. The second kappa shape index (κ2) is 7.02. The van der Waals surface area contributed by atoms with Gasteiger partial charge in [0.25, 0.3) is 0 Å². The number of aryl methyl sites for hydroxylation is 1. The fourth-order valence-electron chi connectivity index (χ4n) is 1.95. The van der Waals surface area contributed by atoms with E-state index in [0.717, 1.165) is 0 Å². The van der Waals surface area contributed by atoms with Crippen LogP contribution in [0, 0.1) is 13.8 Å². The van der Waals surface area contributed by atoms with Gasteiger partial charge in [-0.15, -0.1) is 0 Å². The summed E-state index contributed by atoms with van der Waals surface area (Å²) in [6.07, 6.45) is 0.573. The molecule has 0 saturated carbocycles. The van der Waals surface area contributed by atoms with E-state index in [1.807, 2.05) is 6.92 Å². The summed E-state index contributed by atoms with van der Waals surface area (Å²) < 4.78 is 32.4. The van der Waals surface area contributed by atoms with Crippen LogP contribution in [0.15, 0.2) is 17.0 Å². The molecule has 0 spiro atoms. The third-order valence-corrected chi connectivity index (χ3v) is 4.99. The van der Waals surface area contributed by atoms with Crippen LogP contribution in [0.4, 0.5) is 0 Å². The van der Waals surface area contributed by atoms with Crippen LogP contribution in [0.3, 0.4) is 0 Å². The first-order chi connectivity index (χ1) is 9.72. The number of sulfonamides is 1. The first-order valence-electron chi connectivity index (χ1n) is 6.58. The standard InChI is InChI=1S/C14H21NO5S/c1-5-12(8-20-4)15-21(18,19)13-7-11(14(16)17)6-9(2)10(13)3/h6-7,12,15H,5,8H2,1-4H3,(H,16,17). The fraction of sp³-hybridized carbons (Fsp3) is 0.500. The molecular formula is C14H21NO5S. The molecule has 0 aliphatic heterocycles. The summed E-state index contributed by atoms with van der Waals surface area (Å²) in [5, 5.41) is 9.07. The maximum absolute atomic E-state index is 12.5. The monoisotopic (exact) mass is 315 g/mol. The number of hydrogen-bond acceptors (Lipinski definition) is 4. The fourth-order valence-corrected chi connectivity index (χ4v) is 3.60. The molecule has 7 heteroatoms. The molecule has 1 atom stereocenters. The van der Waals surface area contributed by atoms with Crippen LogP contribution in [0.2, 0.25) is 0 Å². The van der Waals surface area contributed by atoms with Gasteiger partial charge in [0.15, 0.2) is 0 Å². The van der Waals surface area contributed by atoms with Gasteiger partial charge in [-0.1, -0.05) is 6.92 Å². The highest BCUT2D eigenvalue weighted by Crippen LogP contribution is 2.21. The van der Waals surface area contributed by atoms with Gasteiger partial charge in [0.1, 0.15) is 0 Å². The molecule has 0 heterocycles. The van der Waals surface area contributed by atoms with Crippen molar-refractivity contribution < 1.29 is 23.1 Å². The lowest BCUT2D eigenvalue weighted by molar-refractivity contribution is 0.0696. The van der Waals surface area contributed by atoms with E-state index in [1.165, 1.54) is 19.2 Å². The molecule has 1 unspecified atom stereocenters. The van der Waals surface area contributed by atoms with E-state index < -0.39 is 16.0 Å². The van der Waals surface area contributed by atoms with Crippen molar-refractivity contribution in [3.05, 3.63) is 28.8 Å². The third kappa shape index (κ3) is 4.26. The van der Waals surface area contributed by atoms with Crippen LogP contribution in [-0.4, -0.2) is 39.3 Å². The number of nitrogens with one attached hydrogen (secondary N) is 1.